The van der Waals surface area contributed by atoms with E-state index in [0.717, 1.165) is 17.5 Å². The van der Waals surface area contributed by atoms with Gasteiger partial charge in [0.1, 0.15) is 18.0 Å². The summed E-state index contributed by atoms with van der Waals surface area (Å²) in [5.74, 6) is 0.548. The smallest absolute Gasteiger partial charge is 0.388 e. The van der Waals surface area contributed by atoms with Gasteiger partial charge in [-0.05, 0) is 55.1 Å². The van der Waals surface area contributed by atoms with Gasteiger partial charge < -0.3 is 21.1 Å². The summed E-state index contributed by atoms with van der Waals surface area (Å²) in [6, 6.07) is 13.9. The molecule has 260 valence electrons. The Hall–Kier alpha value is -5.57. The number of amides is 2. The minimum Gasteiger partial charge on any atom is -0.417 e. The third-order valence-corrected chi connectivity index (χ3v) is 9.43. The van der Waals surface area contributed by atoms with Gasteiger partial charge in [-0.15, -0.1) is 0 Å². The summed E-state index contributed by atoms with van der Waals surface area (Å²) >= 11 is 0. The van der Waals surface area contributed by atoms with Crippen molar-refractivity contribution in [3.8, 4) is 5.88 Å². The van der Waals surface area contributed by atoms with Crippen LogP contribution in [0.1, 0.15) is 41.6 Å². The molecule has 2 aromatic heterocycles. The Morgan fingerprint density at radius 2 is 1.86 bits per heavy atom. The summed E-state index contributed by atoms with van der Waals surface area (Å²) in [6.45, 7) is -0.0223. The lowest BCUT2D eigenvalue weighted by atomic mass is 9.85. The number of carbonyl (C=O) groups is 2. The van der Waals surface area contributed by atoms with Crippen molar-refractivity contribution >= 4 is 46.8 Å². The lowest BCUT2D eigenvalue weighted by Crippen LogP contribution is -2.43. The van der Waals surface area contributed by atoms with Gasteiger partial charge in [-0.1, -0.05) is 30.3 Å². The number of alkyl halides is 2. The fourth-order valence-corrected chi connectivity index (χ4v) is 6.67. The summed E-state index contributed by atoms with van der Waals surface area (Å²) < 4.78 is 29.3. The zero-order valence-corrected chi connectivity index (χ0v) is 27.6. The molecule has 1 atom stereocenters. The fourth-order valence-electron chi connectivity index (χ4n) is 6.67. The number of halogens is 2. The molecule has 6 N–H and O–H groups in total. The molecule has 2 amide bonds. The van der Waals surface area contributed by atoms with E-state index in [1.807, 2.05) is 29.2 Å². The van der Waals surface area contributed by atoms with E-state index in [1.165, 1.54) is 30.2 Å². The number of likely N-dealkylation sites (tertiary alicyclic amines) is 1. The Labute approximate surface area is 287 Å². The van der Waals surface area contributed by atoms with E-state index >= 15 is 0 Å². The van der Waals surface area contributed by atoms with E-state index in [0.29, 0.717) is 62.8 Å². The largest absolute Gasteiger partial charge is 0.417 e. The number of ether oxygens (including phenoxy) is 1. The van der Waals surface area contributed by atoms with Gasteiger partial charge in [0.2, 0.25) is 23.4 Å². The van der Waals surface area contributed by atoms with Crippen LogP contribution < -0.4 is 26.5 Å². The van der Waals surface area contributed by atoms with Crippen LogP contribution in [0.15, 0.2) is 70.8 Å². The second kappa shape index (κ2) is 14.5. The lowest BCUT2D eigenvalue weighted by Gasteiger charge is -2.29. The van der Waals surface area contributed by atoms with E-state index in [-0.39, 0.29) is 41.3 Å². The molecule has 1 aromatic carbocycles. The first-order valence-electron chi connectivity index (χ1n) is 16.2. The molecule has 0 aliphatic carbocycles. The van der Waals surface area contributed by atoms with E-state index < -0.39 is 12.0 Å². The molecule has 5 heterocycles. The van der Waals surface area contributed by atoms with Crippen LogP contribution in [0.5, 0.6) is 5.88 Å². The van der Waals surface area contributed by atoms with Crippen LogP contribution in [0.2, 0.25) is 0 Å². The number of aliphatic imine (C=N–C) groups is 2. The number of hydrogen-bond donors (Lipinski definition) is 3. The third-order valence-electron chi connectivity index (χ3n) is 9.43. The third kappa shape index (κ3) is 7.22. The number of pyridine rings is 2. The summed E-state index contributed by atoms with van der Waals surface area (Å²) in [4.78, 5) is 49.2. The van der Waals surface area contributed by atoms with Crippen molar-refractivity contribution < 1.29 is 28.5 Å². The minimum absolute atomic E-state index is 0.0377. The maximum Gasteiger partial charge on any atom is 0.388 e. The van der Waals surface area contributed by atoms with Crippen molar-refractivity contribution in [2.75, 3.05) is 56.9 Å². The van der Waals surface area contributed by atoms with Crippen LogP contribution in [0.4, 0.5) is 20.3 Å². The molecule has 50 heavy (non-hydrogen) atoms. The molecule has 3 aliphatic rings. The molecule has 0 unspecified atom stereocenters. The molecule has 1 spiro atoms. The number of nitrogens with zero attached hydrogens (tertiary/aromatic N) is 7. The first kappa shape index (κ1) is 34.3. The van der Waals surface area contributed by atoms with Crippen molar-refractivity contribution in [2.24, 2.45) is 21.1 Å². The number of nitrogen functional groups attached to an aromatic ring is 1. The molecule has 0 bridgehead atoms. The average molecular weight is 686 g/mol. The first-order chi connectivity index (χ1) is 24.1. The van der Waals surface area contributed by atoms with Crippen molar-refractivity contribution in [3.63, 3.8) is 0 Å². The highest BCUT2D eigenvalue weighted by Crippen LogP contribution is 2.42. The van der Waals surface area contributed by atoms with Gasteiger partial charge in [0.25, 0.3) is 0 Å². The highest BCUT2D eigenvalue weighted by molar-refractivity contribution is 6.11. The Balaban J connectivity index is 1.05. The Morgan fingerprint density at radius 3 is 2.54 bits per heavy atom. The van der Waals surface area contributed by atoms with Gasteiger partial charge >= 0.3 is 6.61 Å². The van der Waals surface area contributed by atoms with Crippen molar-refractivity contribution in [3.05, 3.63) is 83.2 Å². The lowest BCUT2D eigenvalue weighted by molar-refractivity contribution is -0.132. The maximum atomic E-state index is 13.9. The monoisotopic (exact) mass is 685 g/mol. The second-order valence-corrected chi connectivity index (χ2v) is 12.5. The van der Waals surface area contributed by atoms with Gasteiger partial charge in [0.15, 0.2) is 5.69 Å². The van der Waals surface area contributed by atoms with Crippen molar-refractivity contribution in [2.45, 2.75) is 25.9 Å². The van der Waals surface area contributed by atoms with Gasteiger partial charge in [-0.3, -0.25) is 29.8 Å². The van der Waals surface area contributed by atoms with Crippen LogP contribution in [0.25, 0.3) is 5.57 Å². The SMILES string of the molecule is CN=CN=C(N)c1ccc(C2=CCN(C(=O)CN3CC[C@]4(CCN(c5ccc(N)c(C(=[NH2+])c6ccc(OC(F)F)nc6)n5)C4=O)C3)CC2)cc1. The van der Waals surface area contributed by atoms with Gasteiger partial charge in [-0.25, -0.2) is 15.0 Å². The van der Waals surface area contributed by atoms with Crippen molar-refractivity contribution in [1.29, 1.82) is 0 Å². The summed E-state index contributed by atoms with van der Waals surface area (Å²) in [5.41, 5.74) is 15.8. The van der Waals surface area contributed by atoms with E-state index in [4.69, 9.17) is 16.9 Å². The highest BCUT2D eigenvalue weighted by Gasteiger charge is 2.51. The predicted octanol–water partition coefficient (Wildman–Crippen LogP) is 1.36. The van der Waals surface area contributed by atoms with Crippen LogP contribution in [0, 0.1) is 5.41 Å². The highest BCUT2D eigenvalue weighted by atomic mass is 19.3. The molecule has 3 aromatic rings. The van der Waals surface area contributed by atoms with Crippen LogP contribution >= 0.6 is 0 Å². The van der Waals surface area contributed by atoms with E-state index in [2.05, 4.69) is 35.7 Å². The van der Waals surface area contributed by atoms with Gasteiger partial charge in [0.05, 0.1) is 23.2 Å². The normalized spacial score (nSPS) is 20.0. The molecule has 6 rings (SSSR count). The zero-order chi connectivity index (χ0) is 35.4. The summed E-state index contributed by atoms with van der Waals surface area (Å²) in [5, 5.41) is 6.36. The summed E-state index contributed by atoms with van der Waals surface area (Å²) in [6.07, 6.45) is 6.81. The van der Waals surface area contributed by atoms with Crippen LogP contribution in [-0.4, -0.2) is 102 Å². The number of hydrogen-bond acceptors (Lipinski definition) is 8. The molecular weight excluding hydrogens is 646 g/mol. The van der Waals surface area contributed by atoms with Gasteiger partial charge in [0, 0.05) is 51.1 Å². The summed E-state index contributed by atoms with van der Waals surface area (Å²) in [7, 11) is 1.63. The average Bonchev–Trinajstić information content (AvgIpc) is 3.68. The first-order valence-corrected chi connectivity index (χ1v) is 16.2. The zero-order valence-electron chi connectivity index (χ0n) is 27.6. The second-order valence-electron chi connectivity index (χ2n) is 12.5. The van der Waals surface area contributed by atoms with Crippen LogP contribution in [-0.2, 0) is 9.59 Å². The molecular formula is C35H39F2N10O3+. The number of nitrogens with two attached hydrogens (primary N) is 3. The molecule has 2 fully saturated rings. The standard InChI is InChI=1S/C35H38F2N10O3/c1-41-21-43-32(40)24-4-2-22(3-5-24)23-10-14-46(15-11-23)29(48)19-45-16-12-35(20-45)13-17-47(33(35)49)27-8-7-26(38)31(44-27)30(39)25-6-9-28(42-18-25)50-34(36)37/h2-10,18,21,34,39H,11-17,19-20,38H2,1H3,(H2,40,41,43)/p+1/t35-/m0/s1. The molecule has 0 radical (unpaired) electrons. The Kier molecular flexibility index (Phi) is 9.95. The molecule has 13 nitrogen and oxygen atoms in total. The number of aromatic nitrogens is 2. The minimum atomic E-state index is -3.00. The number of benzene rings is 1. The Bertz CT molecular complexity index is 1860. The van der Waals surface area contributed by atoms with Crippen molar-refractivity contribution in [1.82, 2.24) is 19.8 Å². The van der Waals surface area contributed by atoms with E-state index in [1.54, 1.807) is 24.1 Å². The molecule has 0 saturated carbocycles. The number of anilines is 2. The van der Waals surface area contributed by atoms with Crippen LogP contribution in [0.3, 0.4) is 0 Å². The number of amidine groups is 1. The van der Waals surface area contributed by atoms with E-state index in [9.17, 15) is 18.4 Å². The number of carbonyl (C=O) groups excluding carboxylic acids is 2. The molecule has 2 saturated heterocycles. The Morgan fingerprint density at radius 1 is 1.10 bits per heavy atom. The topological polar surface area (TPSA) is 181 Å². The molecule has 3 aliphatic heterocycles. The maximum absolute atomic E-state index is 13.9. The molecule has 15 heteroatoms. The fraction of sp³-hybridized carbons (Fsp3) is 0.343. The van der Waals surface area contributed by atoms with Gasteiger partial charge in [-0.2, -0.15) is 8.78 Å². The number of rotatable bonds is 10. The quantitative estimate of drug-likeness (QED) is 0.211. The predicted molar refractivity (Wildman–Crippen MR) is 186 cm³/mol.